The van der Waals surface area contributed by atoms with Crippen LogP contribution in [-0.4, -0.2) is 23.8 Å². The Morgan fingerprint density at radius 3 is 2.71 bits per heavy atom. The van der Waals surface area contributed by atoms with Gasteiger partial charge in [-0.05, 0) is 24.6 Å². The zero-order chi connectivity index (χ0) is 15.6. The first kappa shape index (κ1) is 15.1. The van der Waals surface area contributed by atoms with Crippen LogP contribution in [0.25, 0.3) is 0 Å². The van der Waals surface area contributed by atoms with Crippen molar-refractivity contribution in [3.05, 3.63) is 40.2 Å². The zero-order valence-corrected chi connectivity index (χ0v) is 12.5. The first-order valence-electron chi connectivity index (χ1n) is 6.05. The Labute approximate surface area is 124 Å². The van der Waals surface area contributed by atoms with Crippen molar-refractivity contribution in [2.24, 2.45) is 0 Å². The predicted octanol–water partition coefficient (Wildman–Crippen LogP) is 3.32. The largest absolute Gasteiger partial charge is 0.464 e. The lowest BCUT2D eigenvalue weighted by molar-refractivity contribution is 0.0591. The highest BCUT2D eigenvalue weighted by atomic mass is 32.1. The summed E-state index contributed by atoms with van der Waals surface area (Å²) >= 11 is 1.03. The van der Waals surface area contributed by atoms with Gasteiger partial charge in [0.15, 0.2) is 16.6 Å². The van der Waals surface area contributed by atoms with E-state index in [0.717, 1.165) is 16.9 Å². The second kappa shape index (κ2) is 6.01. The quantitative estimate of drug-likeness (QED) is 0.693. The van der Waals surface area contributed by atoms with Crippen LogP contribution in [0.5, 0.6) is 0 Å². The van der Waals surface area contributed by atoms with Gasteiger partial charge in [0.2, 0.25) is 0 Å². The number of carbonyl (C=O) groups excluding carboxylic acids is 2. The number of ketones is 1. The standard InChI is InChI=1S/C14H13FN2O3S/c1-7-4-5-9(15)6-10(7)16-14-17-11(13(19)20-3)12(21-14)8(2)18/h4-6H,1-3H3,(H,16,17). The number of halogens is 1. The number of rotatable bonds is 4. The number of methoxy groups -OCH3 is 1. The molecule has 0 aliphatic heterocycles. The number of aromatic nitrogens is 1. The van der Waals surface area contributed by atoms with Gasteiger partial charge >= 0.3 is 5.97 Å². The number of hydrogen-bond acceptors (Lipinski definition) is 6. The number of aryl methyl sites for hydroxylation is 1. The van der Waals surface area contributed by atoms with E-state index < -0.39 is 5.97 Å². The average molecular weight is 308 g/mol. The third-order valence-electron chi connectivity index (χ3n) is 2.77. The van der Waals surface area contributed by atoms with Gasteiger partial charge in [0.1, 0.15) is 10.7 Å². The van der Waals surface area contributed by atoms with Gasteiger partial charge in [-0.2, -0.15) is 0 Å². The number of anilines is 2. The number of nitrogens with one attached hydrogen (secondary N) is 1. The van der Waals surface area contributed by atoms with Crippen molar-refractivity contribution >= 4 is 33.9 Å². The second-order valence-corrected chi connectivity index (χ2v) is 5.33. The third-order valence-corrected chi connectivity index (χ3v) is 3.84. The number of benzene rings is 1. The molecule has 1 N–H and O–H groups in total. The molecule has 0 unspecified atom stereocenters. The van der Waals surface area contributed by atoms with Crippen molar-refractivity contribution in [2.75, 3.05) is 12.4 Å². The summed E-state index contributed by atoms with van der Waals surface area (Å²) in [5, 5.41) is 3.24. The Hall–Kier alpha value is -2.28. The normalized spacial score (nSPS) is 10.3. The number of esters is 1. The fourth-order valence-corrected chi connectivity index (χ4v) is 2.55. The summed E-state index contributed by atoms with van der Waals surface area (Å²) in [7, 11) is 1.22. The molecule has 5 nitrogen and oxygen atoms in total. The summed E-state index contributed by atoms with van der Waals surface area (Å²) in [6.45, 7) is 3.15. The van der Waals surface area contributed by atoms with Crippen LogP contribution < -0.4 is 5.32 Å². The molecule has 0 aliphatic carbocycles. The van der Waals surface area contributed by atoms with E-state index in [0.29, 0.717) is 10.8 Å². The average Bonchev–Trinajstić information content (AvgIpc) is 2.86. The molecule has 2 rings (SSSR count). The minimum atomic E-state index is -0.680. The molecule has 0 radical (unpaired) electrons. The fraction of sp³-hybridized carbons (Fsp3) is 0.214. The van der Waals surface area contributed by atoms with Crippen LogP contribution >= 0.6 is 11.3 Å². The van der Waals surface area contributed by atoms with E-state index in [4.69, 9.17) is 0 Å². The molecule has 2 aromatic rings. The van der Waals surface area contributed by atoms with E-state index in [-0.39, 0.29) is 22.2 Å². The molecular formula is C14H13FN2O3S. The van der Waals surface area contributed by atoms with Crippen LogP contribution in [0.1, 0.15) is 32.6 Å². The van der Waals surface area contributed by atoms with Gasteiger partial charge < -0.3 is 10.1 Å². The molecule has 1 aromatic heterocycles. The van der Waals surface area contributed by atoms with Gasteiger partial charge in [0, 0.05) is 12.6 Å². The van der Waals surface area contributed by atoms with E-state index in [2.05, 4.69) is 15.0 Å². The van der Waals surface area contributed by atoms with Crippen LogP contribution in [0, 0.1) is 12.7 Å². The Kier molecular flexibility index (Phi) is 4.32. The highest BCUT2D eigenvalue weighted by molar-refractivity contribution is 7.17. The molecule has 0 amide bonds. The topological polar surface area (TPSA) is 68.3 Å². The summed E-state index contributed by atoms with van der Waals surface area (Å²) in [4.78, 5) is 27.4. The first-order chi connectivity index (χ1) is 9.92. The summed E-state index contributed by atoms with van der Waals surface area (Å²) in [5.41, 5.74) is 1.30. The van der Waals surface area contributed by atoms with Crippen LogP contribution in [0.3, 0.4) is 0 Å². The van der Waals surface area contributed by atoms with Crippen LogP contribution in [-0.2, 0) is 4.74 Å². The number of carbonyl (C=O) groups is 2. The Balaban J connectivity index is 2.39. The van der Waals surface area contributed by atoms with Crippen molar-refractivity contribution in [1.82, 2.24) is 4.98 Å². The molecule has 21 heavy (non-hydrogen) atoms. The van der Waals surface area contributed by atoms with Gasteiger partial charge in [-0.15, -0.1) is 0 Å². The summed E-state index contributed by atoms with van der Waals surface area (Å²) in [5.74, 6) is -1.35. The lowest BCUT2D eigenvalue weighted by Gasteiger charge is -2.06. The monoisotopic (exact) mass is 308 g/mol. The third kappa shape index (κ3) is 3.25. The molecule has 1 heterocycles. The van der Waals surface area contributed by atoms with E-state index in [1.807, 2.05) is 6.92 Å². The van der Waals surface area contributed by atoms with Crippen molar-refractivity contribution in [3.8, 4) is 0 Å². The molecule has 110 valence electrons. The van der Waals surface area contributed by atoms with Crippen LogP contribution in [0.15, 0.2) is 18.2 Å². The van der Waals surface area contributed by atoms with Crippen molar-refractivity contribution in [1.29, 1.82) is 0 Å². The highest BCUT2D eigenvalue weighted by Crippen LogP contribution is 2.28. The Morgan fingerprint density at radius 1 is 1.38 bits per heavy atom. The molecular weight excluding hydrogens is 295 g/mol. The van der Waals surface area contributed by atoms with Crippen LogP contribution in [0.2, 0.25) is 0 Å². The van der Waals surface area contributed by atoms with Crippen molar-refractivity contribution in [2.45, 2.75) is 13.8 Å². The lowest BCUT2D eigenvalue weighted by Crippen LogP contribution is -2.07. The lowest BCUT2D eigenvalue weighted by atomic mass is 10.2. The predicted molar refractivity (Wildman–Crippen MR) is 77.9 cm³/mol. The maximum Gasteiger partial charge on any atom is 0.358 e. The highest BCUT2D eigenvalue weighted by Gasteiger charge is 2.22. The van der Waals surface area contributed by atoms with Crippen molar-refractivity contribution < 1.29 is 18.7 Å². The fourth-order valence-electron chi connectivity index (χ4n) is 1.69. The maximum atomic E-state index is 13.3. The number of ether oxygens (including phenoxy) is 1. The summed E-state index contributed by atoms with van der Waals surface area (Å²) in [6.07, 6.45) is 0. The van der Waals surface area contributed by atoms with E-state index in [1.165, 1.54) is 26.2 Å². The molecule has 0 saturated carbocycles. The van der Waals surface area contributed by atoms with Gasteiger partial charge in [-0.1, -0.05) is 17.4 Å². The van der Waals surface area contributed by atoms with Gasteiger partial charge in [-0.3, -0.25) is 4.79 Å². The van der Waals surface area contributed by atoms with E-state index >= 15 is 0 Å². The number of hydrogen-bond donors (Lipinski definition) is 1. The number of nitrogens with zero attached hydrogens (tertiary/aromatic N) is 1. The summed E-state index contributed by atoms with van der Waals surface area (Å²) < 4.78 is 17.9. The molecule has 1 aromatic carbocycles. The molecule has 0 fully saturated rings. The molecule has 0 bridgehead atoms. The Morgan fingerprint density at radius 2 is 2.10 bits per heavy atom. The number of thiazole rings is 1. The second-order valence-electron chi connectivity index (χ2n) is 4.33. The first-order valence-corrected chi connectivity index (χ1v) is 6.87. The Bertz CT molecular complexity index is 712. The van der Waals surface area contributed by atoms with Crippen molar-refractivity contribution in [3.63, 3.8) is 0 Å². The summed E-state index contributed by atoms with van der Waals surface area (Å²) in [6, 6.07) is 4.30. The SMILES string of the molecule is COC(=O)c1nc(Nc2cc(F)ccc2C)sc1C(C)=O. The minimum absolute atomic E-state index is 0.0356. The zero-order valence-electron chi connectivity index (χ0n) is 11.7. The molecule has 0 atom stereocenters. The number of Topliss-reactive ketones (excluding diaryl/α,β-unsaturated/α-hetero) is 1. The van der Waals surface area contributed by atoms with E-state index in [9.17, 15) is 14.0 Å². The van der Waals surface area contributed by atoms with Gasteiger partial charge in [0.05, 0.1) is 7.11 Å². The molecule has 0 aliphatic rings. The van der Waals surface area contributed by atoms with Gasteiger partial charge in [0.25, 0.3) is 0 Å². The molecule has 0 spiro atoms. The van der Waals surface area contributed by atoms with E-state index in [1.54, 1.807) is 6.07 Å². The van der Waals surface area contributed by atoms with Gasteiger partial charge in [-0.25, -0.2) is 14.2 Å². The minimum Gasteiger partial charge on any atom is -0.464 e. The molecule has 0 saturated heterocycles. The smallest absolute Gasteiger partial charge is 0.358 e. The molecule has 7 heteroatoms. The maximum absolute atomic E-state index is 13.3. The van der Waals surface area contributed by atoms with Crippen LogP contribution in [0.4, 0.5) is 15.2 Å².